The number of hydrogen-bond donors (Lipinski definition) is 1. The van der Waals surface area contributed by atoms with Crippen LogP contribution < -0.4 is 5.73 Å². The zero-order valence-corrected chi connectivity index (χ0v) is 5.80. The second-order valence-corrected chi connectivity index (χ2v) is 2.26. The number of rotatable bonds is 2. The lowest BCUT2D eigenvalue weighted by atomic mass is 10.1. The van der Waals surface area contributed by atoms with E-state index < -0.39 is 11.5 Å². The first kappa shape index (κ1) is 8.39. The van der Waals surface area contributed by atoms with Gasteiger partial charge in [0, 0.05) is 0 Å². The molecule has 54 valence electrons. The Morgan fingerprint density at radius 1 is 1.56 bits per heavy atom. The maximum Gasteiger partial charge on any atom is 0.361 e. The van der Waals surface area contributed by atoms with Crippen molar-refractivity contribution in [1.29, 1.82) is 0 Å². The fourth-order valence-electron chi connectivity index (χ4n) is 0.183. The van der Waals surface area contributed by atoms with Gasteiger partial charge in [-0.1, -0.05) is 0 Å². The molecule has 0 aromatic heterocycles. The number of carbonyl (C=O) groups is 1. The van der Waals surface area contributed by atoms with Crippen LogP contribution in [-0.4, -0.2) is 18.6 Å². The van der Waals surface area contributed by atoms with E-state index in [1.807, 2.05) is 0 Å². The third kappa shape index (κ3) is 3.05. The topological polar surface area (TPSA) is 61.5 Å². The van der Waals surface area contributed by atoms with Crippen molar-refractivity contribution in [3.05, 3.63) is 0 Å². The first-order valence-corrected chi connectivity index (χ1v) is 2.52. The molecule has 9 heavy (non-hydrogen) atoms. The molecule has 0 spiro atoms. The van der Waals surface area contributed by atoms with Crippen molar-refractivity contribution in [2.45, 2.75) is 19.4 Å². The standard InChI is InChI=1S/C5H11NO3/c1-5(2,6)4(7)9-8-3/h6H2,1-3H3. The molecule has 2 N–H and O–H groups in total. The van der Waals surface area contributed by atoms with Crippen LogP contribution in [-0.2, 0) is 14.6 Å². The van der Waals surface area contributed by atoms with Gasteiger partial charge in [-0.2, -0.15) is 4.89 Å². The van der Waals surface area contributed by atoms with Gasteiger partial charge in [0.2, 0.25) is 0 Å². The molecule has 0 amide bonds. The van der Waals surface area contributed by atoms with Crippen molar-refractivity contribution in [3.63, 3.8) is 0 Å². The molecule has 0 aliphatic carbocycles. The summed E-state index contributed by atoms with van der Waals surface area (Å²) in [5.74, 6) is -0.579. The molecular weight excluding hydrogens is 122 g/mol. The maximum atomic E-state index is 10.6. The van der Waals surface area contributed by atoms with E-state index in [2.05, 4.69) is 9.78 Å². The van der Waals surface area contributed by atoms with Gasteiger partial charge in [0.05, 0.1) is 7.11 Å². The van der Waals surface area contributed by atoms with E-state index in [0.29, 0.717) is 0 Å². The third-order valence-corrected chi connectivity index (χ3v) is 0.685. The summed E-state index contributed by atoms with van der Waals surface area (Å²) >= 11 is 0. The van der Waals surface area contributed by atoms with Crippen LogP contribution in [0.2, 0.25) is 0 Å². The normalized spacial score (nSPS) is 11.1. The number of nitrogens with two attached hydrogens (primary N) is 1. The zero-order chi connectivity index (χ0) is 7.49. The number of carbonyl (C=O) groups excluding carboxylic acids is 1. The molecule has 0 fully saturated rings. The molecule has 0 bridgehead atoms. The van der Waals surface area contributed by atoms with Gasteiger partial charge in [-0.15, -0.1) is 0 Å². The lowest BCUT2D eigenvalue weighted by molar-refractivity contribution is -0.259. The van der Waals surface area contributed by atoms with E-state index in [1.165, 1.54) is 21.0 Å². The predicted octanol–water partition coefficient (Wildman–Crippen LogP) is -0.172. The average Bonchev–Trinajstić information content (AvgIpc) is 1.64. The molecule has 0 aliphatic heterocycles. The highest BCUT2D eigenvalue weighted by atomic mass is 17.2. The van der Waals surface area contributed by atoms with E-state index in [4.69, 9.17) is 5.73 Å². The first-order valence-electron chi connectivity index (χ1n) is 2.52. The van der Waals surface area contributed by atoms with Crippen LogP contribution in [0, 0.1) is 0 Å². The number of hydrogen-bond acceptors (Lipinski definition) is 4. The minimum absolute atomic E-state index is 0.579. The van der Waals surface area contributed by atoms with Crippen molar-refractivity contribution >= 4 is 5.97 Å². The largest absolute Gasteiger partial charge is 0.361 e. The van der Waals surface area contributed by atoms with Crippen molar-refractivity contribution in [2.75, 3.05) is 7.11 Å². The lowest BCUT2D eigenvalue weighted by Gasteiger charge is -2.13. The molecule has 4 nitrogen and oxygen atoms in total. The minimum Gasteiger partial charge on any atom is -0.316 e. The SMILES string of the molecule is COOC(=O)C(C)(C)N. The highest BCUT2D eigenvalue weighted by Crippen LogP contribution is 1.98. The first-order chi connectivity index (χ1) is 3.98. The summed E-state index contributed by atoms with van der Waals surface area (Å²) in [5.41, 5.74) is 4.33. The molecule has 0 atom stereocenters. The van der Waals surface area contributed by atoms with Crippen molar-refractivity contribution in [2.24, 2.45) is 5.73 Å². The Balaban J connectivity index is 3.74. The molecule has 0 aliphatic rings. The van der Waals surface area contributed by atoms with Crippen molar-refractivity contribution < 1.29 is 14.6 Å². The molecule has 0 radical (unpaired) electrons. The van der Waals surface area contributed by atoms with Gasteiger partial charge in [-0.25, -0.2) is 4.79 Å². The Morgan fingerprint density at radius 3 is 2.11 bits per heavy atom. The summed E-state index contributed by atoms with van der Waals surface area (Å²) in [7, 11) is 1.25. The smallest absolute Gasteiger partial charge is 0.316 e. The van der Waals surface area contributed by atoms with Crippen LogP contribution in [0.25, 0.3) is 0 Å². The molecule has 4 heteroatoms. The molecule has 0 rings (SSSR count). The Morgan fingerprint density at radius 2 is 2.00 bits per heavy atom. The summed E-state index contributed by atoms with van der Waals surface area (Å²) in [6.07, 6.45) is 0. The fourth-order valence-corrected chi connectivity index (χ4v) is 0.183. The molecule has 0 saturated carbocycles. The summed E-state index contributed by atoms with van der Waals surface area (Å²) in [6, 6.07) is 0. The van der Waals surface area contributed by atoms with E-state index in [0.717, 1.165) is 0 Å². The van der Waals surface area contributed by atoms with E-state index in [9.17, 15) is 4.79 Å². The second-order valence-electron chi connectivity index (χ2n) is 2.26. The van der Waals surface area contributed by atoms with E-state index >= 15 is 0 Å². The van der Waals surface area contributed by atoms with Gasteiger partial charge >= 0.3 is 5.97 Å². The molecule has 0 heterocycles. The van der Waals surface area contributed by atoms with Crippen LogP contribution in [0.1, 0.15) is 13.8 Å². The van der Waals surface area contributed by atoms with Gasteiger partial charge in [-0.05, 0) is 13.8 Å². The van der Waals surface area contributed by atoms with Crippen LogP contribution >= 0.6 is 0 Å². The summed E-state index contributed by atoms with van der Waals surface area (Å²) in [6.45, 7) is 3.07. The average molecular weight is 133 g/mol. The molecule has 0 aromatic rings. The van der Waals surface area contributed by atoms with Crippen molar-refractivity contribution in [3.8, 4) is 0 Å². The molecular formula is C5H11NO3. The van der Waals surface area contributed by atoms with Crippen LogP contribution in [0.4, 0.5) is 0 Å². The van der Waals surface area contributed by atoms with Crippen molar-refractivity contribution in [1.82, 2.24) is 0 Å². The quantitative estimate of drug-likeness (QED) is 0.419. The molecule has 0 unspecified atom stereocenters. The van der Waals surface area contributed by atoms with Crippen LogP contribution in [0.5, 0.6) is 0 Å². The summed E-state index contributed by atoms with van der Waals surface area (Å²) < 4.78 is 0. The van der Waals surface area contributed by atoms with Gasteiger partial charge in [0.15, 0.2) is 0 Å². The van der Waals surface area contributed by atoms with E-state index in [-0.39, 0.29) is 0 Å². The summed E-state index contributed by atoms with van der Waals surface area (Å²) in [4.78, 5) is 18.8. The molecule has 0 saturated heterocycles. The second kappa shape index (κ2) is 2.80. The Hall–Kier alpha value is -0.610. The van der Waals surface area contributed by atoms with Gasteiger partial charge in [0.25, 0.3) is 0 Å². The van der Waals surface area contributed by atoms with Crippen LogP contribution in [0.15, 0.2) is 0 Å². The third-order valence-electron chi connectivity index (χ3n) is 0.685. The van der Waals surface area contributed by atoms with Gasteiger partial charge in [-0.3, -0.25) is 4.89 Å². The predicted molar refractivity (Wildman–Crippen MR) is 31.4 cm³/mol. The van der Waals surface area contributed by atoms with Gasteiger partial charge in [0.1, 0.15) is 5.54 Å². The fraction of sp³-hybridized carbons (Fsp3) is 0.800. The van der Waals surface area contributed by atoms with E-state index in [1.54, 1.807) is 0 Å². The highest BCUT2D eigenvalue weighted by molar-refractivity contribution is 5.78. The Bertz CT molecular complexity index is 105. The highest BCUT2D eigenvalue weighted by Gasteiger charge is 2.24. The maximum absolute atomic E-state index is 10.6. The van der Waals surface area contributed by atoms with Crippen LogP contribution in [0.3, 0.4) is 0 Å². The van der Waals surface area contributed by atoms with Gasteiger partial charge < -0.3 is 5.73 Å². The monoisotopic (exact) mass is 133 g/mol. The zero-order valence-electron chi connectivity index (χ0n) is 5.80. The Labute approximate surface area is 53.9 Å². The Kier molecular flexibility index (Phi) is 2.61. The summed E-state index contributed by atoms with van der Waals surface area (Å²) in [5, 5.41) is 0. The lowest BCUT2D eigenvalue weighted by Crippen LogP contribution is -2.42. The minimum atomic E-state index is -0.976. The molecule has 0 aromatic carbocycles.